The lowest BCUT2D eigenvalue weighted by atomic mass is 9.71. The van der Waals surface area contributed by atoms with Gasteiger partial charge >= 0.3 is 0 Å². The second-order valence-electron chi connectivity index (χ2n) is 22.8. The van der Waals surface area contributed by atoms with Crippen LogP contribution in [0.1, 0.15) is 173 Å². The number of aromatic amines is 1. The largest absolute Gasteiger partial charge is 0.341 e. The normalized spacial score (nSPS) is 28.8. The summed E-state index contributed by atoms with van der Waals surface area (Å²) in [5.74, 6) is 2.31. The fraction of sp³-hybridized carbons (Fsp3) is 0.636. The topological polar surface area (TPSA) is 93.7 Å². The summed E-state index contributed by atoms with van der Waals surface area (Å²) >= 11 is 0. The van der Waals surface area contributed by atoms with Crippen molar-refractivity contribution in [2.24, 2.45) is 44.9 Å². The molecule has 63 heavy (non-hydrogen) atoms. The first-order valence-corrected chi connectivity index (χ1v) is 25.3. The summed E-state index contributed by atoms with van der Waals surface area (Å²) in [4.78, 5) is 45.7. The van der Waals surface area contributed by atoms with Crippen LogP contribution in [0.3, 0.4) is 0 Å². The van der Waals surface area contributed by atoms with Crippen molar-refractivity contribution in [3.63, 3.8) is 0 Å². The highest BCUT2D eigenvalue weighted by Crippen LogP contribution is 2.62. The fourth-order valence-corrected chi connectivity index (χ4v) is 13.3. The lowest BCUT2D eigenvalue weighted by Crippen LogP contribution is -2.48. The van der Waals surface area contributed by atoms with Crippen LogP contribution in [0.2, 0.25) is 0 Å². The van der Waals surface area contributed by atoms with Crippen molar-refractivity contribution in [1.82, 2.24) is 25.1 Å². The Morgan fingerprint density at radius 2 is 1.30 bits per heavy atom. The van der Waals surface area contributed by atoms with Crippen LogP contribution in [-0.2, 0) is 9.59 Å². The van der Waals surface area contributed by atoms with Crippen LogP contribution in [0.5, 0.6) is 0 Å². The number of benzene rings is 1. The standard InChI is InChI=1S/C55H72N6O2/c1-33(2)35(5)51(62)60-31-53(23-24-53)27-46(60)49-56-29-44(58-49)39-13-9-37(10-14-39)41-17-18-42(48-43(41)19-22-55(48)20-7-8-21-55)38-11-15-40(16-12-38)45-30-57-50(59-45)47-28-54(25-26-54)32-61(47)52(63)36(6)34(3)4/h9,11-13,15-16,29,33-36,46-47,50,57H,7-8,10,14,17-28,30-32H2,1-6H3,(H,56,58). The molecule has 1 aromatic heterocycles. The molecule has 4 heterocycles. The molecule has 8 nitrogen and oxygen atoms in total. The third kappa shape index (κ3) is 7.27. The maximum Gasteiger partial charge on any atom is 0.226 e. The third-order valence-electron chi connectivity index (χ3n) is 18.4. The molecule has 1 aromatic carbocycles. The van der Waals surface area contributed by atoms with Crippen LogP contribution < -0.4 is 5.32 Å². The summed E-state index contributed by atoms with van der Waals surface area (Å²) in [6, 6.07) is 9.66. The Kier molecular flexibility index (Phi) is 10.3. The molecule has 8 heteroatoms. The summed E-state index contributed by atoms with van der Waals surface area (Å²) in [5.41, 5.74) is 15.3. The summed E-state index contributed by atoms with van der Waals surface area (Å²) < 4.78 is 0. The number of aromatic nitrogens is 2. The van der Waals surface area contributed by atoms with Gasteiger partial charge in [0.25, 0.3) is 0 Å². The molecule has 0 bridgehead atoms. The van der Waals surface area contributed by atoms with E-state index in [-0.39, 0.29) is 36.0 Å². The van der Waals surface area contributed by atoms with Gasteiger partial charge in [-0.15, -0.1) is 0 Å². The van der Waals surface area contributed by atoms with Gasteiger partial charge in [-0.2, -0.15) is 0 Å². The lowest BCUT2D eigenvalue weighted by Gasteiger charge is -2.33. The predicted molar refractivity (Wildman–Crippen MR) is 252 cm³/mol. The molecule has 4 saturated carbocycles. The monoisotopic (exact) mass is 849 g/mol. The highest BCUT2D eigenvalue weighted by atomic mass is 16.2. The summed E-state index contributed by atoms with van der Waals surface area (Å²) in [6.07, 6.45) is 26.0. The number of rotatable bonds is 10. The highest BCUT2D eigenvalue weighted by Gasteiger charge is 2.57. The van der Waals surface area contributed by atoms with E-state index in [2.05, 4.69) is 98.1 Å². The van der Waals surface area contributed by atoms with Crippen molar-refractivity contribution in [2.75, 3.05) is 19.6 Å². The number of imidazole rings is 1. The third-order valence-corrected chi connectivity index (χ3v) is 18.4. The van der Waals surface area contributed by atoms with Crippen LogP contribution in [0, 0.1) is 39.9 Å². The maximum absolute atomic E-state index is 13.7. The molecule has 0 radical (unpaired) electrons. The average Bonchev–Trinajstić information content (AvgIpc) is 3.74. The highest BCUT2D eigenvalue weighted by molar-refractivity contribution is 6.03. The van der Waals surface area contributed by atoms with E-state index in [9.17, 15) is 9.59 Å². The van der Waals surface area contributed by atoms with Crippen molar-refractivity contribution >= 4 is 28.7 Å². The quantitative estimate of drug-likeness (QED) is 0.249. The summed E-state index contributed by atoms with van der Waals surface area (Å²) in [5, 5.41) is 3.74. The molecule has 334 valence electrons. The van der Waals surface area contributed by atoms with E-state index in [1.54, 1.807) is 22.3 Å². The Morgan fingerprint density at radius 3 is 1.97 bits per heavy atom. The number of H-pyrrole nitrogens is 1. The van der Waals surface area contributed by atoms with Gasteiger partial charge in [0.15, 0.2) is 0 Å². The van der Waals surface area contributed by atoms with Crippen molar-refractivity contribution in [2.45, 2.75) is 163 Å². The zero-order valence-corrected chi connectivity index (χ0v) is 39.1. The van der Waals surface area contributed by atoms with E-state index in [4.69, 9.17) is 9.98 Å². The van der Waals surface area contributed by atoms with E-state index in [0.717, 1.165) is 75.4 Å². The van der Waals surface area contributed by atoms with Crippen LogP contribution >= 0.6 is 0 Å². The molecule has 6 fully saturated rings. The first-order valence-electron chi connectivity index (χ1n) is 25.3. The molecular weight excluding hydrogens is 777 g/mol. The van der Waals surface area contributed by atoms with E-state index >= 15 is 0 Å². The first kappa shape index (κ1) is 41.7. The molecule has 3 spiro atoms. The molecule has 2 saturated heterocycles. The lowest BCUT2D eigenvalue weighted by molar-refractivity contribution is -0.138. The predicted octanol–water partition coefficient (Wildman–Crippen LogP) is 11.1. The molecule has 5 atom stereocenters. The molecule has 9 aliphatic rings. The number of carbonyl (C=O) groups is 2. The SMILES string of the molecule is CC(C)C(C)C(=O)N1CC2(CC2)CC1c1ncc(C2=CC=C(C3=C4CCC5(CCCC5)C4=C(c4ccc(C5=NC(C6CC7(CC7)CN6C(=O)C(C)C(C)C)NC5)cc4)CC3)CC2)[nH]1. The number of likely N-dealkylation sites (tertiary alicyclic amines) is 2. The van der Waals surface area contributed by atoms with Crippen molar-refractivity contribution in [1.29, 1.82) is 0 Å². The number of aliphatic imine (C=N–C) groups is 1. The second-order valence-corrected chi connectivity index (χ2v) is 22.8. The zero-order chi connectivity index (χ0) is 43.4. The van der Waals surface area contributed by atoms with Crippen LogP contribution in [0.25, 0.3) is 11.1 Å². The molecule has 11 rings (SSSR count). The number of hydrogen-bond acceptors (Lipinski definition) is 5. The smallest absolute Gasteiger partial charge is 0.226 e. The Bertz CT molecular complexity index is 2340. The van der Waals surface area contributed by atoms with Crippen molar-refractivity contribution in [3.8, 4) is 0 Å². The Hall–Kier alpha value is -4.04. The number of carbonyl (C=O) groups excluding carboxylic acids is 2. The summed E-state index contributed by atoms with van der Waals surface area (Å²) in [6.45, 7) is 15.4. The Balaban J connectivity index is 0.833. The molecule has 3 aliphatic heterocycles. The van der Waals surface area contributed by atoms with Gasteiger partial charge in [0.2, 0.25) is 11.8 Å². The van der Waals surface area contributed by atoms with Gasteiger partial charge in [-0.25, -0.2) is 4.98 Å². The van der Waals surface area contributed by atoms with Gasteiger partial charge in [-0.3, -0.25) is 19.9 Å². The first-order chi connectivity index (χ1) is 30.4. The minimum absolute atomic E-state index is 0.0245. The second kappa shape index (κ2) is 15.6. The van der Waals surface area contributed by atoms with E-state index in [1.807, 2.05) is 6.20 Å². The maximum atomic E-state index is 13.7. The van der Waals surface area contributed by atoms with Gasteiger partial charge < -0.3 is 14.8 Å². The molecule has 5 unspecified atom stereocenters. The number of nitrogens with zero attached hydrogens (tertiary/aromatic N) is 4. The fourth-order valence-electron chi connectivity index (χ4n) is 13.3. The van der Waals surface area contributed by atoms with Gasteiger partial charge in [0.05, 0.1) is 29.7 Å². The van der Waals surface area contributed by atoms with E-state index in [1.165, 1.54) is 86.5 Å². The average molecular weight is 849 g/mol. The number of amides is 2. The number of hydrogen-bond donors (Lipinski definition) is 2. The number of fused-ring (bicyclic) bond motifs is 2. The number of nitrogens with one attached hydrogen (secondary N) is 2. The van der Waals surface area contributed by atoms with E-state index < -0.39 is 0 Å². The van der Waals surface area contributed by atoms with Crippen molar-refractivity contribution < 1.29 is 9.59 Å². The van der Waals surface area contributed by atoms with E-state index in [0.29, 0.717) is 34.0 Å². The van der Waals surface area contributed by atoms with Crippen LogP contribution in [-0.4, -0.2) is 69.1 Å². The summed E-state index contributed by atoms with van der Waals surface area (Å²) in [7, 11) is 0. The molecule has 2 amide bonds. The van der Waals surface area contributed by atoms with Crippen molar-refractivity contribution in [3.05, 3.63) is 87.6 Å². The Morgan fingerprint density at radius 1 is 0.683 bits per heavy atom. The van der Waals surface area contributed by atoms with Crippen LogP contribution in [0.4, 0.5) is 0 Å². The zero-order valence-electron chi connectivity index (χ0n) is 39.1. The molecule has 6 aliphatic carbocycles. The molecule has 2 aromatic rings. The molecule has 2 N–H and O–H groups in total. The molecular formula is C55H72N6O2. The number of allylic oxidation sites excluding steroid dienone is 8. The van der Waals surface area contributed by atoms with Gasteiger partial charge in [-0.05, 0) is 163 Å². The van der Waals surface area contributed by atoms with Gasteiger partial charge in [0.1, 0.15) is 12.0 Å². The van der Waals surface area contributed by atoms with Crippen LogP contribution in [0.15, 0.2) is 69.9 Å². The minimum Gasteiger partial charge on any atom is -0.341 e. The Labute approximate surface area is 376 Å². The van der Waals surface area contributed by atoms with Gasteiger partial charge in [-0.1, -0.05) is 90.8 Å². The minimum atomic E-state index is -0.0249. The van der Waals surface area contributed by atoms with Gasteiger partial charge in [0, 0.05) is 31.5 Å².